The quantitative estimate of drug-likeness (QED) is 0.609. The minimum atomic E-state index is -0.533. The van der Waals surface area contributed by atoms with Crippen LogP contribution in [-0.2, 0) is 9.59 Å². The van der Waals surface area contributed by atoms with E-state index in [-0.39, 0.29) is 18.2 Å². The lowest BCUT2D eigenvalue weighted by molar-refractivity contribution is -0.127. The molecule has 2 amide bonds. The van der Waals surface area contributed by atoms with Crippen LogP contribution in [0.2, 0.25) is 5.02 Å². The molecule has 1 heterocycles. The Morgan fingerprint density at radius 1 is 1.27 bits per heavy atom. The summed E-state index contributed by atoms with van der Waals surface area (Å²) >= 11 is 7.49. The molecule has 0 aliphatic carbocycles. The van der Waals surface area contributed by atoms with E-state index in [2.05, 4.69) is 16.9 Å². The second-order valence-corrected chi connectivity index (χ2v) is 8.75. The number of hydrogen-bond donors (Lipinski definition) is 1. The molecule has 0 spiro atoms. The molecular formula is C23H24ClN3O2S. The van der Waals surface area contributed by atoms with Crippen molar-refractivity contribution < 1.29 is 9.59 Å². The third kappa shape index (κ3) is 4.94. The monoisotopic (exact) mass is 441 g/mol. The SMILES string of the molecule is C=CCN1C(=O)[C@@H](CC(=O)Nc2cccc(C)c2C)SC1=Nc1ccc(C)c(Cl)c1. The number of amides is 2. The molecule has 0 radical (unpaired) electrons. The smallest absolute Gasteiger partial charge is 0.242 e. The molecule has 1 saturated heterocycles. The maximum atomic E-state index is 12.9. The zero-order chi connectivity index (χ0) is 21.8. The van der Waals surface area contributed by atoms with E-state index in [9.17, 15) is 9.59 Å². The molecule has 7 heteroatoms. The van der Waals surface area contributed by atoms with Crippen molar-refractivity contribution in [2.24, 2.45) is 4.99 Å². The van der Waals surface area contributed by atoms with Crippen molar-refractivity contribution in [2.75, 3.05) is 11.9 Å². The highest BCUT2D eigenvalue weighted by Crippen LogP contribution is 2.33. The summed E-state index contributed by atoms with van der Waals surface area (Å²) in [6, 6.07) is 11.3. The maximum Gasteiger partial charge on any atom is 0.242 e. The molecule has 30 heavy (non-hydrogen) atoms. The molecule has 0 bridgehead atoms. The van der Waals surface area contributed by atoms with Crippen LogP contribution in [0.3, 0.4) is 0 Å². The molecule has 1 N–H and O–H groups in total. The molecule has 1 aliphatic heterocycles. The predicted molar refractivity (Wildman–Crippen MR) is 126 cm³/mol. The Morgan fingerprint density at radius 2 is 2.03 bits per heavy atom. The molecule has 156 valence electrons. The van der Waals surface area contributed by atoms with Gasteiger partial charge in [0.25, 0.3) is 0 Å². The van der Waals surface area contributed by atoms with Crippen LogP contribution < -0.4 is 5.32 Å². The molecule has 0 unspecified atom stereocenters. The van der Waals surface area contributed by atoms with Crippen molar-refractivity contribution in [3.8, 4) is 0 Å². The van der Waals surface area contributed by atoms with Crippen molar-refractivity contribution in [1.29, 1.82) is 0 Å². The van der Waals surface area contributed by atoms with Gasteiger partial charge in [0, 0.05) is 23.7 Å². The normalized spacial score (nSPS) is 17.5. The van der Waals surface area contributed by atoms with Gasteiger partial charge in [0.1, 0.15) is 5.25 Å². The molecule has 0 saturated carbocycles. The molecule has 3 rings (SSSR count). The number of amidine groups is 1. The molecule has 1 atom stereocenters. The summed E-state index contributed by atoms with van der Waals surface area (Å²) in [4.78, 5) is 31.7. The van der Waals surface area contributed by atoms with Crippen molar-refractivity contribution >= 4 is 51.7 Å². The molecule has 1 fully saturated rings. The highest BCUT2D eigenvalue weighted by atomic mass is 35.5. The van der Waals surface area contributed by atoms with E-state index >= 15 is 0 Å². The first-order valence-corrected chi connectivity index (χ1v) is 10.9. The molecule has 1 aliphatic rings. The van der Waals surface area contributed by atoms with E-state index in [1.807, 2.05) is 51.1 Å². The van der Waals surface area contributed by atoms with Crippen molar-refractivity contribution in [2.45, 2.75) is 32.4 Å². The first-order valence-electron chi connectivity index (χ1n) is 9.60. The van der Waals surface area contributed by atoms with Gasteiger partial charge in [0.15, 0.2) is 5.17 Å². The van der Waals surface area contributed by atoms with Crippen LogP contribution in [0.5, 0.6) is 0 Å². The van der Waals surface area contributed by atoms with E-state index < -0.39 is 5.25 Å². The predicted octanol–water partition coefficient (Wildman–Crippen LogP) is 5.41. The Bertz CT molecular complexity index is 1040. The third-order valence-corrected chi connectivity index (χ3v) is 6.54. The number of benzene rings is 2. The number of carbonyl (C=O) groups is 2. The first kappa shape index (κ1) is 22.1. The number of aliphatic imine (C=N–C) groups is 1. The second-order valence-electron chi connectivity index (χ2n) is 7.17. The lowest BCUT2D eigenvalue weighted by Crippen LogP contribution is -2.33. The summed E-state index contributed by atoms with van der Waals surface area (Å²) < 4.78 is 0. The van der Waals surface area contributed by atoms with Gasteiger partial charge in [-0.2, -0.15) is 0 Å². The van der Waals surface area contributed by atoms with Gasteiger partial charge in [-0.15, -0.1) is 6.58 Å². The number of thioether (sulfide) groups is 1. The number of anilines is 1. The van der Waals surface area contributed by atoms with E-state index in [1.54, 1.807) is 17.0 Å². The molecule has 2 aromatic carbocycles. The van der Waals surface area contributed by atoms with Gasteiger partial charge in [-0.05, 0) is 55.7 Å². The zero-order valence-electron chi connectivity index (χ0n) is 17.2. The summed E-state index contributed by atoms with van der Waals surface area (Å²) in [6.07, 6.45) is 1.72. The average molecular weight is 442 g/mol. The summed E-state index contributed by atoms with van der Waals surface area (Å²) in [7, 11) is 0. The average Bonchev–Trinajstić information content (AvgIpc) is 2.97. The van der Waals surface area contributed by atoms with Crippen LogP contribution >= 0.6 is 23.4 Å². The Kier molecular flexibility index (Phi) is 7.00. The van der Waals surface area contributed by atoms with Crippen LogP contribution in [0, 0.1) is 20.8 Å². The van der Waals surface area contributed by atoms with Gasteiger partial charge >= 0.3 is 0 Å². The fourth-order valence-electron chi connectivity index (χ4n) is 3.04. The maximum absolute atomic E-state index is 12.9. The van der Waals surface area contributed by atoms with Crippen LogP contribution in [-0.4, -0.2) is 33.7 Å². The standard InChI is InChI=1S/C23H24ClN3O2S/c1-5-11-27-22(29)20(13-21(28)26-19-8-6-7-14(2)16(19)4)30-23(27)25-17-10-9-15(3)18(24)12-17/h5-10,12,20H,1,11,13H2,2-4H3,(H,26,28)/t20-/m1/s1. The molecule has 2 aromatic rings. The minimum Gasteiger partial charge on any atom is -0.326 e. The molecule has 5 nitrogen and oxygen atoms in total. The zero-order valence-corrected chi connectivity index (χ0v) is 18.8. The van der Waals surface area contributed by atoms with Crippen molar-refractivity contribution in [1.82, 2.24) is 4.90 Å². The highest BCUT2D eigenvalue weighted by Gasteiger charge is 2.38. The Hall–Kier alpha value is -2.57. The fourth-order valence-corrected chi connectivity index (χ4v) is 4.38. The van der Waals surface area contributed by atoms with E-state index in [0.29, 0.717) is 22.4 Å². The Balaban J connectivity index is 1.77. The minimum absolute atomic E-state index is 0.0677. The van der Waals surface area contributed by atoms with Gasteiger partial charge in [-0.3, -0.25) is 14.5 Å². The molecular weight excluding hydrogens is 418 g/mol. The number of nitrogens with one attached hydrogen (secondary N) is 1. The molecule has 0 aromatic heterocycles. The number of aryl methyl sites for hydroxylation is 2. The van der Waals surface area contributed by atoms with Crippen molar-refractivity contribution in [3.05, 3.63) is 70.8 Å². The van der Waals surface area contributed by atoms with Crippen LogP contribution in [0.15, 0.2) is 54.0 Å². The summed E-state index contributed by atoms with van der Waals surface area (Å²) in [6.45, 7) is 9.93. The van der Waals surface area contributed by atoms with Gasteiger partial charge in [0.05, 0.1) is 5.69 Å². The van der Waals surface area contributed by atoms with Gasteiger partial charge in [-0.1, -0.05) is 47.6 Å². The number of nitrogens with zero attached hydrogens (tertiary/aromatic N) is 2. The van der Waals surface area contributed by atoms with Crippen LogP contribution in [0.1, 0.15) is 23.1 Å². The number of carbonyl (C=O) groups excluding carboxylic acids is 2. The van der Waals surface area contributed by atoms with Crippen LogP contribution in [0.25, 0.3) is 0 Å². The topological polar surface area (TPSA) is 61.8 Å². The fraction of sp³-hybridized carbons (Fsp3) is 0.261. The second kappa shape index (κ2) is 9.49. The number of rotatable bonds is 6. The van der Waals surface area contributed by atoms with Gasteiger partial charge < -0.3 is 5.32 Å². The van der Waals surface area contributed by atoms with E-state index in [4.69, 9.17) is 11.6 Å². The van der Waals surface area contributed by atoms with Gasteiger partial charge in [-0.25, -0.2) is 4.99 Å². The lowest BCUT2D eigenvalue weighted by Gasteiger charge is -2.14. The third-order valence-electron chi connectivity index (χ3n) is 4.96. The van der Waals surface area contributed by atoms with Gasteiger partial charge in [0.2, 0.25) is 11.8 Å². The lowest BCUT2D eigenvalue weighted by atomic mass is 10.1. The van der Waals surface area contributed by atoms with Crippen molar-refractivity contribution in [3.63, 3.8) is 0 Å². The Morgan fingerprint density at radius 3 is 2.73 bits per heavy atom. The van der Waals surface area contributed by atoms with E-state index in [0.717, 1.165) is 22.4 Å². The summed E-state index contributed by atoms with van der Waals surface area (Å²) in [5, 5.41) is 3.55. The summed E-state index contributed by atoms with van der Waals surface area (Å²) in [5.74, 6) is -0.347. The number of hydrogen-bond acceptors (Lipinski definition) is 4. The summed E-state index contributed by atoms with van der Waals surface area (Å²) in [5.41, 5.74) is 4.50. The largest absolute Gasteiger partial charge is 0.326 e. The highest BCUT2D eigenvalue weighted by molar-refractivity contribution is 8.15. The number of halogens is 1. The Labute approximate surface area is 186 Å². The van der Waals surface area contributed by atoms with Crippen LogP contribution in [0.4, 0.5) is 11.4 Å². The van der Waals surface area contributed by atoms with E-state index in [1.165, 1.54) is 11.8 Å². The first-order chi connectivity index (χ1) is 14.3.